The van der Waals surface area contributed by atoms with Gasteiger partial charge in [-0.05, 0) is 18.2 Å². The van der Waals surface area contributed by atoms with Crippen LogP contribution in [-0.4, -0.2) is 56.9 Å². The zero-order chi connectivity index (χ0) is 15.6. The molecule has 0 atom stereocenters. The van der Waals surface area contributed by atoms with Gasteiger partial charge in [-0.1, -0.05) is 6.07 Å². The van der Waals surface area contributed by atoms with Gasteiger partial charge in [-0.25, -0.2) is 0 Å². The second-order valence-corrected chi connectivity index (χ2v) is 5.20. The zero-order valence-corrected chi connectivity index (χ0v) is 11.9. The van der Waals surface area contributed by atoms with Gasteiger partial charge in [-0.2, -0.15) is 13.2 Å². The Labute approximate surface area is 121 Å². The molecule has 0 bridgehead atoms. The first-order chi connectivity index (χ1) is 9.76. The van der Waals surface area contributed by atoms with Crippen molar-refractivity contribution in [2.75, 3.05) is 38.7 Å². The van der Waals surface area contributed by atoms with E-state index in [1.807, 2.05) is 25.1 Å². The summed E-state index contributed by atoms with van der Waals surface area (Å²) in [5.41, 5.74) is 1.42. The molecule has 0 saturated carbocycles. The number of alkyl halides is 3. The molecule has 1 fully saturated rings. The molecule has 0 aromatic heterocycles. The van der Waals surface area contributed by atoms with Crippen LogP contribution in [0.3, 0.4) is 0 Å². The molecule has 1 amide bonds. The zero-order valence-electron chi connectivity index (χ0n) is 11.9. The van der Waals surface area contributed by atoms with Crippen LogP contribution in [-0.2, 0) is 4.74 Å². The van der Waals surface area contributed by atoms with Gasteiger partial charge in [-0.15, -0.1) is 0 Å². The average Bonchev–Trinajstić information content (AvgIpc) is 2.35. The number of anilines is 1. The van der Waals surface area contributed by atoms with Gasteiger partial charge in [-0.3, -0.25) is 4.79 Å². The molecule has 0 unspecified atom stereocenters. The molecule has 1 aromatic carbocycles. The summed E-state index contributed by atoms with van der Waals surface area (Å²) in [4.78, 5) is 15.5. The van der Waals surface area contributed by atoms with Gasteiger partial charge in [0.2, 0.25) is 0 Å². The summed E-state index contributed by atoms with van der Waals surface area (Å²) in [6, 6.07) is 7.10. The molecule has 0 radical (unpaired) electrons. The molecule has 1 heterocycles. The van der Waals surface area contributed by atoms with E-state index in [9.17, 15) is 18.0 Å². The number of likely N-dealkylation sites (tertiary alicyclic amines) is 1. The summed E-state index contributed by atoms with van der Waals surface area (Å²) in [5, 5.41) is 0. The summed E-state index contributed by atoms with van der Waals surface area (Å²) in [7, 11) is 3.74. The van der Waals surface area contributed by atoms with Crippen molar-refractivity contribution in [3.05, 3.63) is 29.8 Å². The Morgan fingerprint density at radius 1 is 1.38 bits per heavy atom. The summed E-state index contributed by atoms with van der Waals surface area (Å²) in [6.45, 7) is -0.877. The first-order valence-electron chi connectivity index (χ1n) is 6.51. The molecule has 2 rings (SSSR count). The van der Waals surface area contributed by atoms with E-state index in [0.29, 0.717) is 5.56 Å². The van der Waals surface area contributed by atoms with Crippen molar-refractivity contribution >= 4 is 11.6 Å². The molecular weight excluding hydrogens is 285 g/mol. The highest BCUT2D eigenvalue weighted by Gasteiger charge is 2.36. The van der Waals surface area contributed by atoms with Crippen LogP contribution in [0.1, 0.15) is 10.4 Å². The van der Waals surface area contributed by atoms with E-state index < -0.39 is 18.9 Å². The number of ether oxygens (including phenoxy) is 1. The van der Waals surface area contributed by atoms with Crippen LogP contribution in [0.4, 0.5) is 18.9 Å². The fraction of sp³-hybridized carbons (Fsp3) is 0.500. The number of amides is 1. The first kappa shape index (κ1) is 15.6. The van der Waals surface area contributed by atoms with Crippen molar-refractivity contribution < 1.29 is 22.7 Å². The number of rotatable bonds is 4. The summed E-state index contributed by atoms with van der Waals surface area (Å²) in [6.07, 6.45) is -4.86. The average molecular weight is 302 g/mol. The van der Waals surface area contributed by atoms with Crippen LogP contribution in [0.5, 0.6) is 0 Å². The molecule has 116 valence electrons. The summed E-state index contributed by atoms with van der Waals surface area (Å²) < 4.78 is 40.7. The topological polar surface area (TPSA) is 32.8 Å². The maximum atomic E-state index is 12.2. The molecule has 1 aliphatic heterocycles. The highest BCUT2D eigenvalue weighted by molar-refractivity contribution is 5.95. The van der Waals surface area contributed by atoms with Crippen LogP contribution in [0.25, 0.3) is 0 Å². The molecule has 0 spiro atoms. The van der Waals surface area contributed by atoms with Crippen molar-refractivity contribution in [2.45, 2.75) is 12.3 Å². The lowest BCUT2D eigenvalue weighted by Crippen LogP contribution is -2.55. The van der Waals surface area contributed by atoms with E-state index in [-0.39, 0.29) is 19.0 Å². The molecule has 1 aliphatic rings. The van der Waals surface area contributed by atoms with Crippen molar-refractivity contribution in [1.29, 1.82) is 0 Å². The Morgan fingerprint density at radius 2 is 2.05 bits per heavy atom. The van der Waals surface area contributed by atoms with E-state index in [2.05, 4.69) is 0 Å². The van der Waals surface area contributed by atoms with Gasteiger partial charge in [0.25, 0.3) is 5.91 Å². The predicted molar refractivity (Wildman–Crippen MR) is 72.5 cm³/mol. The third-order valence-corrected chi connectivity index (χ3v) is 3.23. The van der Waals surface area contributed by atoms with Crippen molar-refractivity contribution in [2.24, 2.45) is 0 Å². The fourth-order valence-corrected chi connectivity index (χ4v) is 2.02. The third-order valence-electron chi connectivity index (χ3n) is 3.23. The van der Waals surface area contributed by atoms with Crippen LogP contribution < -0.4 is 4.90 Å². The SMILES string of the molecule is CN(C)c1cccc(C(=O)N2CC(OCC(F)(F)F)C2)c1. The van der Waals surface area contributed by atoms with Gasteiger partial charge >= 0.3 is 6.18 Å². The molecule has 1 saturated heterocycles. The van der Waals surface area contributed by atoms with Crippen LogP contribution in [0.15, 0.2) is 24.3 Å². The van der Waals surface area contributed by atoms with E-state index in [0.717, 1.165) is 5.69 Å². The summed E-state index contributed by atoms with van der Waals surface area (Å²) >= 11 is 0. The Bertz CT molecular complexity index is 511. The number of carbonyl (C=O) groups is 1. The quantitative estimate of drug-likeness (QED) is 0.854. The largest absolute Gasteiger partial charge is 0.411 e. The van der Waals surface area contributed by atoms with Crippen LogP contribution >= 0.6 is 0 Å². The number of halogens is 3. The lowest BCUT2D eigenvalue weighted by Gasteiger charge is -2.39. The molecule has 21 heavy (non-hydrogen) atoms. The highest BCUT2D eigenvalue weighted by Crippen LogP contribution is 2.22. The molecule has 0 N–H and O–H groups in total. The van der Waals surface area contributed by atoms with Crippen molar-refractivity contribution in [1.82, 2.24) is 4.90 Å². The number of hydrogen-bond acceptors (Lipinski definition) is 3. The first-order valence-corrected chi connectivity index (χ1v) is 6.51. The minimum atomic E-state index is -4.33. The lowest BCUT2D eigenvalue weighted by atomic mass is 10.1. The monoisotopic (exact) mass is 302 g/mol. The Balaban J connectivity index is 1.88. The predicted octanol–water partition coefficient (Wildman–Crippen LogP) is 2.16. The summed E-state index contributed by atoms with van der Waals surface area (Å²) in [5.74, 6) is -0.189. The van der Waals surface area contributed by atoms with Gasteiger partial charge < -0.3 is 14.5 Å². The van der Waals surface area contributed by atoms with E-state index >= 15 is 0 Å². The van der Waals surface area contributed by atoms with Crippen LogP contribution in [0, 0.1) is 0 Å². The molecule has 4 nitrogen and oxygen atoms in total. The number of benzene rings is 1. The van der Waals surface area contributed by atoms with Gasteiger partial charge in [0.1, 0.15) is 6.61 Å². The maximum absolute atomic E-state index is 12.2. The second kappa shape index (κ2) is 5.93. The molecule has 0 aliphatic carbocycles. The lowest BCUT2D eigenvalue weighted by molar-refractivity contribution is -0.196. The van der Waals surface area contributed by atoms with Crippen molar-refractivity contribution in [3.63, 3.8) is 0 Å². The number of carbonyl (C=O) groups excluding carboxylic acids is 1. The Morgan fingerprint density at radius 3 is 2.62 bits per heavy atom. The number of hydrogen-bond donors (Lipinski definition) is 0. The Kier molecular flexibility index (Phi) is 4.41. The minimum Gasteiger partial charge on any atom is -0.378 e. The van der Waals surface area contributed by atoms with Crippen molar-refractivity contribution in [3.8, 4) is 0 Å². The smallest absolute Gasteiger partial charge is 0.378 e. The molecule has 1 aromatic rings. The second-order valence-electron chi connectivity index (χ2n) is 5.20. The van der Waals surface area contributed by atoms with Gasteiger partial charge in [0.15, 0.2) is 0 Å². The standard InChI is InChI=1S/C14H17F3N2O2/c1-18(2)11-5-3-4-10(6-11)13(20)19-7-12(8-19)21-9-14(15,16)17/h3-6,12H,7-9H2,1-2H3. The normalized spacial score (nSPS) is 15.8. The third kappa shape index (κ3) is 4.10. The van der Waals surface area contributed by atoms with E-state index in [1.54, 1.807) is 18.2 Å². The van der Waals surface area contributed by atoms with Gasteiger partial charge in [0, 0.05) is 38.4 Å². The maximum Gasteiger partial charge on any atom is 0.411 e. The van der Waals surface area contributed by atoms with Gasteiger partial charge in [0.05, 0.1) is 6.10 Å². The molecular formula is C14H17F3N2O2. The van der Waals surface area contributed by atoms with E-state index in [4.69, 9.17) is 4.74 Å². The number of nitrogens with zero attached hydrogens (tertiary/aromatic N) is 2. The fourth-order valence-electron chi connectivity index (χ4n) is 2.02. The van der Waals surface area contributed by atoms with Crippen LogP contribution in [0.2, 0.25) is 0 Å². The minimum absolute atomic E-state index is 0.189. The van der Waals surface area contributed by atoms with E-state index in [1.165, 1.54) is 4.90 Å². The Hall–Kier alpha value is -1.76. The molecule has 7 heteroatoms. The highest BCUT2D eigenvalue weighted by atomic mass is 19.4.